The zero-order valence-electron chi connectivity index (χ0n) is 12.3. The molecule has 1 atom stereocenters. The van der Waals surface area contributed by atoms with Crippen LogP contribution in [0.25, 0.3) is 0 Å². The lowest BCUT2D eigenvalue weighted by atomic mass is 10.1. The van der Waals surface area contributed by atoms with Gasteiger partial charge in [-0.15, -0.1) is 0 Å². The highest BCUT2D eigenvalue weighted by atomic mass is 16.5. The van der Waals surface area contributed by atoms with Crippen LogP contribution in [0.1, 0.15) is 32.3 Å². The van der Waals surface area contributed by atoms with E-state index in [9.17, 15) is 4.79 Å². The number of methoxy groups -OCH3 is 1. The second-order valence-electron chi connectivity index (χ2n) is 4.50. The van der Waals surface area contributed by atoms with E-state index in [1.165, 1.54) is 0 Å². The van der Waals surface area contributed by atoms with Crippen LogP contribution in [0.3, 0.4) is 0 Å². The second kappa shape index (κ2) is 8.43. The molecule has 1 aromatic rings. The first-order valence-electron chi connectivity index (χ1n) is 6.89. The molecule has 0 heterocycles. The number of rotatable bonds is 9. The third-order valence-corrected chi connectivity index (χ3v) is 2.93. The van der Waals surface area contributed by atoms with Crippen molar-refractivity contribution in [3.8, 4) is 11.5 Å². The predicted octanol–water partition coefficient (Wildman–Crippen LogP) is 2.44. The lowest BCUT2D eigenvalue weighted by molar-refractivity contribution is -0.145. The number of ether oxygens (including phenoxy) is 2. The second-order valence-corrected chi connectivity index (χ2v) is 4.50. The van der Waals surface area contributed by atoms with Gasteiger partial charge in [0.15, 0.2) is 6.10 Å². The lowest BCUT2D eigenvalue weighted by Gasteiger charge is -2.17. The van der Waals surface area contributed by atoms with Crippen molar-refractivity contribution < 1.29 is 19.4 Å². The molecule has 0 radical (unpaired) electrons. The van der Waals surface area contributed by atoms with Gasteiger partial charge in [-0.2, -0.15) is 0 Å². The van der Waals surface area contributed by atoms with E-state index in [4.69, 9.17) is 14.6 Å². The van der Waals surface area contributed by atoms with Crippen molar-refractivity contribution >= 4 is 5.97 Å². The number of hydrogen-bond acceptors (Lipinski definition) is 4. The molecule has 0 aliphatic carbocycles. The minimum absolute atomic E-state index is 0.411. The van der Waals surface area contributed by atoms with Crippen LogP contribution in [0.4, 0.5) is 0 Å². The van der Waals surface area contributed by atoms with Gasteiger partial charge in [-0.25, -0.2) is 4.79 Å². The van der Waals surface area contributed by atoms with Crippen molar-refractivity contribution in [3.63, 3.8) is 0 Å². The first-order valence-corrected chi connectivity index (χ1v) is 6.89. The number of carbonyl (C=O) groups is 1. The summed E-state index contributed by atoms with van der Waals surface area (Å²) in [5, 5.41) is 12.4. The third kappa shape index (κ3) is 4.74. The molecule has 112 valence electrons. The van der Waals surface area contributed by atoms with Gasteiger partial charge >= 0.3 is 5.97 Å². The fourth-order valence-electron chi connectivity index (χ4n) is 1.78. The molecular weight excluding hydrogens is 258 g/mol. The van der Waals surface area contributed by atoms with E-state index in [0.717, 1.165) is 18.5 Å². The van der Waals surface area contributed by atoms with Gasteiger partial charge in [-0.05, 0) is 25.5 Å². The average Bonchev–Trinajstić information content (AvgIpc) is 2.45. The van der Waals surface area contributed by atoms with Gasteiger partial charge < -0.3 is 19.9 Å². The van der Waals surface area contributed by atoms with Gasteiger partial charge in [0, 0.05) is 18.2 Å². The predicted molar refractivity (Wildman–Crippen MR) is 77.3 cm³/mol. The molecule has 1 aromatic carbocycles. The summed E-state index contributed by atoms with van der Waals surface area (Å²) < 4.78 is 10.8. The molecule has 0 aromatic heterocycles. The topological polar surface area (TPSA) is 67.8 Å². The zero-order chi connectivity index (χ0) is 15.0. The standard InChI is InChI=1S/C15H23NO4/c1-4-8-16-10-11-6-7-12(19-3)9-14(11)20-13(5-2)15(17)18/h6-7,9,13,16H,4-5,8,10H2,1-3H3,(H,17,18). The first kappa shape index (κ1) is 16.3. The van der Waals surface area contributed by atoms with Crippen LogP contribution >= 0.6 is 0 Å². The first-order chi connectivity index (χ1) is 9.62. The molecule has 0 fully saturated rings. The van der Waals surface area contributed by atoms with Gasteiger partial charge in [0.1, 0.15) is 11.5 Å². The molecule has 2 N–H and O–H groups in total. The number of aliphatic carboxylic acids is 1. The molecule has 0 saturated heterocycles. The number of carboxylic acids is 1. The van der Waals surface area contributed by atoms with Crippen molar-refractivity contribution in [2.45, 2.75) is 39.3 Å². The van der Waals surface area contributed by atoms with Gasteiger partial charge in [-0.1, -0.05) is 19.9 Å². The Hall–Kier alpha value is -1.75. The summed E-state index contributed by atoms with van der Waals surface area (Å²) in [5.74, 6) is 0.254. The summed E-state index contributed by atoms with van der Waals surface area (Å²) >= 11 is 0. The maximum atomic E-state index is 11.1. The van der Waals surface area contributed by atoms with Crippen molar-refractivity contribution in [3.05, 3.63) is 23.8 Å². The van der Waals surface area contributed by atoms with Crippen LogP contribution in [-0.4, -0.2) is 30.8 Å². The molecule has 0 aliphatic heterocycles. The number of carboxylic acid groups (broad SMARTS) is 1. The Morgan fingerprint density at radius 3 is 2.70 bits per heavy atom. The molecule has 1 rings (SSSR count). The number of benzene rings is 1. The van der Waals surface area contributed by atoms with Crippen molar-refractivity contribution in [1.82, 2.24) is 5.32 Å². The van der Waals surface area contributed by atoms with E-state index in [0.29, 0.717) is 24.5 Å². The van der Waals surface area contributed by atoms with Crippen LogP contribution in [0.15, 0.2) is 18.2 Å². The largest absolute Gasteiger partial charge is 0.497 e. The van der Waals surface area contributed by atoms with Gasteiger partial charge in [0.2, 0.25) is 0 Å². The van der Waals surface area contributed by atoms with E-state index in [1.54, 1.807) is 20.1 Å². The summed E-state index contributed by atoms with van der Waals surface area (Å²) in [6, 6.07) is 5.47. The minimum atomic E-state index is -0.956. The van der Waals surface area contributed by atoms with E-state index in [2.05, 4.69) is 12.2 Å². The summed E-state index contributed by atoms with van der Waals surface area (Å²) in [5.41, 5.74) is 0.930. The van der Waals surface area contributed by atoms with E-state index >= 15 is 0 Å². The van der Waals surface area contributed by atoms with Crippen LogP contribution in [0.5, 0.6) is 11.5 Å². The Balaban J connectivity index is 2.90. The Morgan fingerprint density at radius 1 is 1.40 bits per heavy atom. The lowest BCUT2D eigenvalue weighted by Crippen LogP contribution is -2.27. The molecule has 5 nitrogen and oxygen atoms in total. The number of nitrogens with one attached hydrogen (secondary N) is 1. The SMILES string of the molecule is CCCNCc1ccc(OC)cc1OC(CC)C(=O)O. The molecule has 0 spiro atoms. The van der Waals surface area contributed by atoms with Crippen LogP contribution in [0, 0.1) is 0 Å². The molecular formula is C15H23NO4. The van der Waals surface area contributed by atoms with Crippen LogP contribution in [0.2, 0.25) is 0 Å². The molecule has 20 heavy (non-hydrogen) atoms. The van der Waals surface area contributed by atoms with Crippen molar-refractivity contribution in [2.75, 3.05) is 13.7 Å². The quantitative estimate of drug-likeness (QED) is 0.680. The Labute approximate surface area is 119 Å². The molecule has 0 amide bonds. The third-order valence-electron chi connectivity index (χ3n) is 2.93. The van der Waals surface area contributed by atoms with Crippen molar-refractivity contribution in [1.29, 1.82) is 0 Å². The van der Waals surface area contributed by atoms with Gasteiger partial charge in [-0.3, -0.25) is 0 Å². The highest BCUT2D eigenvalue weighted by Crippen LogP contribution is 2.26. The Bertz CT molecular complexity index is 434. The molecule has 0 saturated carbocycles. The zero-order valence-corrected chi connectivity index (χ0v) is 12.3. The summed E-state index contributed by atoms with van der Waals surface area (Å²) in [4.78, 5) is 11.1. The highest BCUT2D eigenvalue weighted by Gasteiger charge is 2.18. The minimum Gasteiger partial charge on any atom is -0.497 e. The Kier molecular flexibility index (Phi) is 6.87. The van der Waals surface area contributed by atoms with Crippen molar-refractivity contribution in [2.24, 2.45) is 0 Å². The smallest absolute Gasteiger partial charge is 0.344 e. The van der Waals surface area contributed by atoms with Crippen LogP contribution in [-0.2, 0) is 11.3 Å². The normalized spacial score (nSPS) is 11.9. The van der Waals surface area contributed by atoms with Gasteiger partial charge in [0.05, 0.1) is 7.11 Å². The summed E-state index contributed by atoms with van der Waals surface area (Å²) in [6.07, 6.45) is 0.611. The maximum absolute atomic E-state index is 11.1. The molecule has 5 heteroatoms. The van der Waals surface area contributed by atoms with Crippen LogP contribution < -0.4 is 14.8 Å². The monoisotopic (exact) mass is 281 g/mol. The summed E-state index contributed by atoms with van der Waals surface area (Å²) in [6.45, 7) is 5.43. The van der Waals surface area contributed by atoms with E-state index < -0.39 is 12.1 Å². The fraction of sp³-hybridized carbons (Fsp3) is 0.533. The Morgan fingerprint density at radius 2 is 2.15 bits per heavy atom. The fourth-order valence-corrected chi connectivity index (χ4v) is 1.78. The molecule has 0 aliphatic rings. The highest BCUT2D eigenvalue weighted by molar-refractivity contribution is 5.72. The van der Waals surface area contributed by atoms with E-state index in [-0.39, 0.29) is 0 Å². The van der Waals surface area contributed by atoms with Gasteiger partial charge in [0.25, 0.3) is 0 Å². The summed E-state index contributed by atoms with van der Waals surface area (Å²) in [7, 11) is 1.57. The maximum Gasteiger partial charge on any atom is 0.344 e. The molecule has 0 bridgehead atoms. The van der Waals surface area contributed by atoms with E-state index in [1.807, 2.05) is 12.1 Å². The molecule has 1 unspecified atom stereocenters. The average molecular weight is 281 g/mol. The number of hydrogen-bond donors (Lipinski definition) is 2.